The van der Waals surface area contributed by atoms with Gasteiger partial charge < -0.3 is 10.5 Å². The summed E-state index contributed by atoms with van der Waals surface area (Å²) in [4.78, 5) is -0.389. The van der Waals surface area contributed by atoms with Gasteiger partial charge in [-0.2, -0.15) is 13.5 Å². The second kappa shape index (κ2) is 5.90. The molecule has 110 valence electrons. The molecule has 7 nitrogen and oxygen atoms in total. The van der Waals surface area contributed by atoms with E-state index in [1.807, 2.05) is 0 Å². The van der Waals surface area contributed by atoms with Crippen molar-refractivity contribution in [3.05, 3.63) is 42.5 Å². The number of nitrogens with zero attached hydrogens (tertiary/aromatic N) is 2. The van der Waals surface area contributed by atoms with E-state index in [0.29, 0.717) is 11.4 Å². The van der Waals surface area contributed by atoms with E-state index in [2.05, 4.69) is 10.2 Å². The molecule has 0 heterocycles. The van der Waals surface area contributed by atoms with Crippen LogP contribution in [0.5, 0.6) is 5.75 Å². The number of rotatable bonds is 4. The van der Waals surface area contributed by atoms with Crippen molar-refractivity contribution in [2.45, 2.75) is 4.90 Å². The second-order valence-electron chi connectivity index (χ2n) is 4.10. The number of nitrogens with two attached hydrogens (primary N) is 1. The summed E-state index contributed by atoms with van der Waals surface area (Å²) in [6.45, 7) is 0. The number of nitrogen functional groups attached to an aromatic ring is 1. The van der Waals surface area contributed by atoms with E-state index in [1.54, 1.807) is 31.4 Å². The molecule has 2 aromatic carbocycles. The molecule has 0 spiro atoms. The van der Waals surface area contributed by atoms with Gasteiger partial charge in [0.15, 0.2) is 0 Å². The lowest BCUT2D eigenvalue weighted by Gasteiger charge is -2.03. The quantitative estimate of drug-likeness (QED) is 0.512. The molecule has 2 rings (SSSR count). The first kappa shape index (κ1) is 14.9. The van der Waals surface area contributed by atoms with Gasteiger partial charge in [0.1, 0.15) is 16.3 Å². The number of ether oxygens (including phenoxy) is 1. The van der Waals surface area contributed by atoms with Crippen molar-refractivity contribution in [2.24, 2.45) is 10.2 Å². The molecule has 0 radical (unpaired) electrons. The van der Waals surface area contributed by atoms with Crippen molar-refractivity contribution in [3.63, 3.8) is 0 Å². The minimum Gasteiger partial charge on any atom is -0.497 e. The Morgan fingerprint density at radius 2 is 1.76 bits per heavy atom. The van der Waals surface area contributed by atoms with Gasteiger partial charge in [-0.1, -0.05) is 0 Å². The first-order valence-electron chi connectivity index (χ1n) is 5.83. The summed E-state index contributed by atoms with van der Waals surface area (Å²) in [5.41, 5.74) is 6.21. The van der Waals surface area contributed by atoms with E-state index in [1.165, 1.54) is 12.1 Å². The zero-order valence-electron chi connectivity index (χ0n) is 11.1. The van der Waals surface area contributed by atoms with Gasteiger partial charge in [-0.15, -0.1) is 5.11 Å². The fourth-order valence-electron chi connectivity index (χ4n) is 1.58. The van der Waals surface area contributed by atoms with Crippen molar-refractivity contribution < 1.29 is 17.7 Å². The Bertz CT molecular complexity index is 771. The van der Waals surface area contributed by atoms with Crippen LogP contribution in [-0.2, 0) is 10.1 Å². The fraction of sp³-hybridized carbons (Fsp3) is 0.0769. The van der Waals surface area contributed by atoms with Crippen LogP contribution in [0.25, 0.3) is 0 Å². The molecule has 0 atom stereocenters. The SMILES string of the molecule is COc1ccc(N=Nc2ccc(N)cc2S(=O)(=O)O)cc1. The Balaban J connectivity index is 2.36. The third kappa shape index (κ3) is 3.77. The van der Waals surface area contributed by atoms with Crippen LogP contribution in [0.15, 0.2) is 57.6 Å². The van der Waals surface area contributed by atoms with Crippen LogP contribution in [0.4, 0.5) is 17.1 Å². The number of azo groups is 1. The van der Waals surface area contributed by atoms with Crippen molar-refractivity contribution in [1.82, 2.24) is 0 Å². The zero-order valence-corrected chi connectivity index (χ0v) is 11.9. The largest absolute Gasteiger partial charge is 0.497 e. The Kier molecular flexibility index (Phi) is 4.20. The van der Waals surface area contributed by atoms with Gasteiger partial charge in [0, 0.05) is 5.69 Å². The molecule has 0 aliphatic rings. The monoisotopic (exact) mass is 307 g/mol. The number of hydrogen-bond acceptors (Lipinski definition) is 6. The summed E-state index contributed by atoms with van der Waals surface area (Å²) in [5, 5.41) is 7.74. The highest BCUT2D eigenvalue weighted by molar-refractivity contribution is 7.86. The highest BCUT2D eigenvalue weighted by atomic mass is 32.2. The summed E-state index contributed by atoms with van der Waals surface area (Å²) in [6.07, 6.45) is 0. The van der Waals surface area contributed by atoms with Crippen molar-refractivity contribution in [2.75, 3.05) is 12.8 Å². The van der Waals surface area contributed by atoms with Gasteiger partial charge >= 0.3 is 0 Å². The highest BCUT2D eigenvalue weighted by Crippen LogP contribution is 2.28. The molecule has 0 bridgehead atoms. The van der Waals surface area contributed by atoms with Crippen LogP contribution < -0.4 is 10.5 Å². The minimum absolute atomic E-state index is 0.00233. The minimum atomic E-state index is -4.42. The maximum atomic E-state index is 11.3. The van der Waals surface area contributed by atoms with E-state index in [9.17, 15) is 8.42 Å². The normalized spacial score (nSPS) is 11.7. The molecule has 0 aromatic heterocycles. The van der Waals surface area contributed by atoms with Crippen LogP contribution in [0, 0.1) is 0 Å². The number of hydrogen-bond donors (Lipinski definition) is 2. The van der Waals surface area contributed by atoms with Crippen molar-refractivity contribution in [1.29, 1.82) is 0 Å². The zero-order chi connectivity index (χ0) is 15.5. The van der Waals surface area contributed by atoms with Gasteiger partial charge in [-0.25, -0.2) is 0 Å². The van der Waals surface area contributed by atoms with Crippen LogP contribution in [0.3, 0.4) is 0 Å². The van der Waals surface area contributed by atoms with Gasteiger partial charge in [0.25, 0.3) is 10.1 Å². The Morgan fingerprint density at radius 1 is 1.10 bits per heavy atom. The molecule has 0 unspecified atom stereocenters. The first-order valence-corrected chi connectivity index (χ1v) is 7.27. The number of methoxy groups -OCH3 is 1. The topological polar surface area (TPSA) is 114 Å². The third-order valence-electron chi connectivity index (χ3n) is 2.61. The third-order valence-corrected chi connectivity index (χ3v) is 3.49. The van der Waals surface area contributed by atoms with E-state index < -0.39 is 10.1 Å². The van der Waals surface area contributed by atoms with Gasteiger partial charge in [0.05, 0.1) is 12.8 Å². The predicted octanol–water partition coefficient (Wildman–Crippen LogP) is 2.94. The summed E-state index contributed by atoms with van der Waals surface area (Å²) in [7, 11) is -2.88. The highest BCUT2D eigenvalue weighted by Gasteiger charge is 2.15. The average molecular weight is 307 g/mol. The van der Waals surface area contributed by atoms with Gasteiger partial charge in [0.2, 0.25) is 0 Å². The maximum absolute atomic E-state index is 11.3. The summed E-state index contributed by atoms with van der Waals surface area (Å²) in [5.74, 6) is 0.667. The van der Waals surface area contributed by atoms with Crippen LogP contribution in [0.2, 0.25) is 0 Å². The first-order chi connectivity index (χ1) is 9.90. The van der Waals surface area contributed by atoms with Crippen LogP contribution in [-0.4, -0.2) is 20.1 Å². The molecule has 0 fully saturated rings. The Labute approximate surface area is 121 Å². The van der Waals surface area contributed by atoms with E-state index in [0.717, 1.165) is 6.07 Å². The van der Waals surface area contributed by atoms with E-state index in [4.69, 9.17) is 15.0 Å². The molecule has 0 amide bonds. The number of anilines is 1. The molecular weight excluding hydrogens is 294 g/mol. The smallest absolute Gasteiger partial charge is 0.296 e. The second-order valence-corrected chi connectivity index (χ2v) is 5.49. The van der Waals surface area contributed by atoms with Gasteiger partial charge in [-0.05, 0) is 42.5 Å². The summed E-state index contributed by atoms with van der Waals surface area (Å²) < 4.78 is 36.7. The lowest BCUT2D eigenvalue weighted by atomic mass is 10.3. The van der Waals surface area contributed by atoms with Gasteiger partial charge in [-0.3, -0.25) is 4.55 Å². The number of benzene rings is 2. The van der Waals surface area contributed by atoms with E-state index in [-0.39, 0.29) is 16.3 Å². The Hall–Kier alpha value is -2.45. The summed E-state index contributed by atoms with van der Waals surface area (Å²) in [6, 6.07) is 10.7. The van der Waals surface area contributed by atoms with Crippen molar-refractivity contribution >= 4 is 27.2 Å². The standard InChI is InChI=1S/C13H13N3O4S/c1-20-11-5-3-10(4-6-11)15-16-12-7-2-9(14)8-13(12)21(17,18)19/h2-8H,14H2,1H3,(H,17,18,19). The van der Waals surface area contributed by atoms with E-state index >= 15 is 0 Å². The molecule has 0 saturated carbocycles. The summed E-state index contributed by atoms with van der Waals surface area (Å²) >= 11 is 0. The maximum Gasteiger partial charge on any atom is 0.296 e. The Morgan fingerprint density at radius 3 is 2.33 bits per heavy atom. The molecule has 0 saturated heterocycles. The predicted molar refractivity (Wildman–Crippen MR) is 77.8 cm³/mol. The molecule has 2 aromatic rings. The molecule has 8 heteroatoms. The molecule has 3 N–H and O–H groups in total. The molecule has 21 heavy (non-hydrogen) atoms. The van der Waals surface area contributed by atoms with Crippen molar-refractivity contribution in [3.8, 4) is 5.75 Å². The molecular formula is C13H13N3O4S. The lowest BCUT2D eigenvalue weighted by molar-refractivity contribution is 0.415. The lowest BCUT2D eigenvalue weighted by Crippen LogP contribution is -1.99. The fourth-order valence-corrected chi connectivity index (χ4v) is 2.24. The molecule has 0 aliphatic heterocycles. The van der Waals surface area contributed by atoms with Crippen LogP contribution in [0.1, 0.15) is 0 Å². The molecule has 0 aliphatic carbocycles. The van der Waals surface area contributed by atoms with Crippen LogP contribution >= 0.6 is 0 Å². The average Bonchev–Trinajstić information content (AvgIpc) is 2.45.